The van der Waals surface area contributed by atoms with Crippen LogP contribution in [0, 0.1) is 0 Å². The smallest absolute Gasteiger partial charge is 0.0555 e. The number of hydrogen-bond donors (Lipinski definition) is 0. The zero-order valence-corrected chi connectivity index (χ0v) is 7.77. The summed E-state index contributed by atoms with van der Waals surface area (Å²) < 4.78 is 0. The molecule has 80 valence electrons. The van der Waals surface area contributed by atoms with Crippen LogP contribution >= 0.6 is 0 Å². The van der Waals surface area contributed by atoms with Gasteiger partial charge in [0, 0.05) is 39.3 Å². The zero-order chi connectivity index (χ0) is 10.6. The molecule has 0 saturated carbocycles. The van der Waals surface area contributed by atoms with Crippen molar-refractivity contribution in [2.24, 2.45) is 0 Å². The fraction of sp³-hybridized carbons (Fsp3) is 0.750. The lowest BCUT2D eigenvalue weighted by atomic mass is 10.3. The summed E-state index contributed by atoms with van der Waals surface area (Å²) >= 11 is 0. The number of rotatable bonds is 4. The number of carboxylic acid groups (broad SMARTS) is 2. The van der Waals surface area contributed by atoms with Crippen molar-refractivity contribution in [2.45, 2.75) is 0 Å². The van der Waals surface area contributed by atoms with Crippen molar-refractivity contribution < 1.29 is 19.8 Å². The lowest BCUT2D eigenvalue weighted by Crippen LogP contribution is -2.52. The SMILES string of the molecule is O=C([O-])CN1CCN(CC(=O)[O-])CC1. The summed E-state index contributed by atoms with van der Waals surface area (Å²) in [4.78, 5) is 24.0. The molecular weight excluding hydrogens is 188 g/mol. The van der Waals surface area contributed by atoms with E-state index in [1.165, 1.54) is 0 Å². The molecule has 1 aliphatic rings. The summed E-state index contributed by atoms with van der Waals surface area (Å²) in [5.41, 5.74) is 0. The number of hydrogen-bond acceptors (Lipinski definition) is 6. The highest BCUT2D eigenvalue weighted by Crippen LogP contribution is 1.99. The van der Waals surface area contributed by atoms with Gasteiger partial charge in [-0.1, -0.05) is 0 Å². The lowest BCUT2D eigenvalue weighted by Gasteiger charge is -2.34. The second-order valence-electron chi connectivity index (χ2n) is 3.30. The van der Waals surface area contributed by atoms with Gasteiger partial charge in [0.2, 0.25) is 0 Å². The number of nitrogens with zero attached hydrogens (tertiary/aromatic N) is 2. The fourth-order valence-corrected chi connectivity index (χ4v) is 1.47. The van der Waals surface area contributed by atoms with Gasteiger partial charge in [0.1, 0.15) is 0 Å². The van der Waals surface area contributed by atoms with Gasteiger partial charge in [-0.2, -0.15) is 0 Å². The van der Waals surface area contributed by atoms with E-state index in [2.05, 4.69) is 0 Å². The molecule has 1 rings (SSSR count). The van der Waals surface area contributed by atoms with Crippen LogP contribution in [0.5, 0.6) is 0 Å². The van der Waals surface area contributed by atoms with E-state index in [-0.39, 0.29) is 13.1 Å². The average Bonchev–Trinajstić information content (AvgIpc) is 2.06. The minimum absolute atomic E-state index is 0.0842. The van der Waals surface area contributed by atoms with E-state index in [4.69, 9.17) is 0 Å². The number of carbonyl (C=O) groups excluding carboxylic acids is 2. The molecule has 0 aliphatic carbocycles. The van der Waals surface area contributed by atoms with Crippen LogP contribution in [0.4, 0.5) is 0 Å². The largest absolute Gasteiger partial charge is 0.549 e. The molecule has 0 N–H and O–H groups in total. The van der Waals surface area contributed by atoms with Gasteiger partial charge in [-0.3, -0.25) is 9.80 Å². The van der Waals surface area contributed by atoms with Crippen molar-refractivity contribution in [1.82, 2.24) is 9.80 Å². The summed E-state index contributed by atoms with van der Waals surface area (Å²) in [6.45, 7) is 2.06. The fourth-order valence-electron chi connectivity index (χ4n) is 1.47. The van der Waals surface area contributed by atoms with Crippen LogP contribution in [-0.2, 0) is 9.59 Å². The van der Waals surface area contributed by atoms with Crippen molar-refractivity contribution >= 4 is 11.9 Å². The van der Waals surface area contributed by atoms with Gasteiger partial charge < -0.3 is 19.8 Å². The first-order valence-corrected chi connectivity index (χ1v) is 4.42. The number of piperazine rings is 1. The van der Waals surface area contributed by atoms with E-state index in [9.17, 15) is 19.8 Å². The molecule has 1 aliphatic heterocycles. The van der Waals surface area contributed by atoms with E-state index in [0.717, 1.165) is 0 Å². The zero-order valence-electron chi connectivity index (χ0n) is 7.77. The normalized spacial score (nSPS) is 19.4. The summed E-state index contributed by atoms with van der Waals surface area (Å²) in [6.07, 6.45) is 0. The van der Waals surface area contributed by atoms with Crippen molar-refractivity contribution in [3.05, 3.63) is 0 Å². The maximum Gasteiger partial charge on any atom is 0.0555 e. The van der Waals surface area contributed by atoms with Crippen molar-refractivity contribution in [2.75, 3.05) is 39.3 Å². The summed E-state index contributed by atoms with van der Waals surface area (Å²) in [6, 6.07) is 0. The van der Waals surface area contributed by atoms with Crippen LogP contribution in [0.15, 0.2) is 0 Å². The van der Waals surface area contributed by atoms with Crippen LogP contribution in [0.3, 0.4) is 0 Å². The second-order valence-corrected chi connectivity index (χ2v) is 3.30. The van der Waals surface area contributed by atoms with Gasteiger partial charge in [0.25, 0.3) is 0 Å². The molecule has 1 heterocycles. The number of carbonyl (C=O) groups is 2. The second kappa shape index (κ2) is 4.92. The standard InChI is InChI=1S/C8H14N2O4/c11-7(12)5-9-1-2-10(4-3-9)6-8(13)14/h1-6H2,(H,11,12)(H,13,14)/p-2. The molecule has 0 spiro atoms. The van der Waals surface area contributed by atoms with Crippen LogP contribution in [0.25, 0.3) is 0 Å². The van der Waals surface area contributed by atoms with Crippen LogP contribution in [-0.4, -0.2) is 61.0 Å². The molecule has 0 amide bonds. The van der Waals surface area contributed by atoms with Gasteiger partial charge in [0.15, 0.2) is 0 Å². The van der Waals surface area contributed by atoms with E-state index in [1.54, 1.807) is 9.80 Å². The molecule has 0 aromatic carbocycles. The Balaban J connectivity index is 2.24. The van der Waals surface area contributed by atoms with E-state index in [0.29, 0.717) is 26.2 Å². The van der Waals surface area contributed by atoms with Gasteiger partial charge in [-0.15, -0.1) is 0 Å². The van der Waals surface area contributed by atoms with Gasteiger partial charge in [-0.05, 0) is 0 Å². The van der Waals surface area contributed by atoms with Crippen molar-refractivity contribution in [1.29, 1.82) is 0 Å². The Morgan fingerprint density at radius 1 is 0.857 bits per heavy atom. The van der Waals surface area contributed by atoms with Crippen LogP contribution in [0.1, 0.15) is 0 Å². The first kappa shape index (κ1) is 10.9. The van der Waals surface area contributed by atoms with Gasteiger partial charge in [-0.25, -0.2) is 0 Å². The van der Waals surface area contributed by atoms with Crippen molar-refractivity contribution in [3.63, 3.8) is 0 Å². The van der Waals surface area contributed by atoms with E-state index >= 15 is 0 Å². The third kappa shape index (κ3) is 3.71. The molecule has 0 unspecified atom stereocenters. The maximum atomic E-state index is 10.3. The predicted molar refractivity (Wildman–Crippen MR) is 42.9 cm³/mol. The van der Waals surface area contributed by atoms with E-state index < -0.39 is 11.9 Å². The monoisotopic (exact) mass is 200 g/mol. The highest BCUT2D eigenvalue weighted by Gasteiger charge is 2.16. The minimum atomic E-state index is -1.10. The number of carboxylic acids is 2. The Morgan fingerprint density at radius 3 is 1.36 bits per heavy atom. The Hall–Kier alpha value is -1.14. The van der Waals surface area contributed by atoms with Gasteiger partial charge >= 0.3 is 0 Å². The maximum absolute atomic E-state index is 10.3. The lowest BCUT2D eigenvalue weighted by molar-refractivity contribution is -0.309. The quantitative estimate of drug-likeness (QED) is 0.461. The summed E-state index contributed by atoms with van der Waals surface area (Å²) in [5.74, 6) is -2.20. The highest BCUT2D eigenvalue weighted by molar-refractivity contribution is 5.67. The molecule has 1 saturated heterocycles. The molecule has 0 aromatic heterocycles. The minimum Gasteiger partial charge on any atom is -0.549 e. The Morgan fingerprint density at radius 2 is 1.14 bits per heavy atom. The average molecular weight is 200 g/mol. The summed E-state index contributed by atoms with van der Waals surface area (Å²) in [7, 11) is 0. The first-order valence-electron chi connectivity index (χ1n) is 4.42. The van der Waals surface area contributed by atoms with Crippen LogP contribution in [0.2, 0.25) is 0 Å². The molecule has 0 bridgehead atoms. The molecule has 6 nitrogen and oxygen atoms in total. The molecule has 14 heavy (non-hydrogen) atoms. The molecule has 0 radical (unpaired) electrons. The third-order valence-electron chi connectivity index (χ3n) is 2.17. The molecule has 6 heteroatoms. The predicted octanol–water partition coefficient (Wildman–Crippen LogP) is -3.90. The van der Waals surface area contributed by atoms with Crippen LogP contribution < -0.4 is 10.2 Å². The molecule has 0 aromatic rings. The molecular formula is C8H12N2O4-2. The van der Waals surface area contributed by atoms with Crippen molar-refractivity contribution in [3.8, 4) is 0 Å². The highest BCUT2D eigenvalue weighted by atomic mass is 16.4. The molecule has 1 fully saturated rings. The Bertz CT molecular complexity index is 199. The first-order chi connectivity index (χ1) is 6.58. The number of aliphatic carboxylic acids is 2. The summed E-state index contributed by atoms with van der Waals surface area (Å²) in [5, 5.41) is 20.5. The topological polar surface area (TPSA) is 86.7 Å². The molecule has 0 atom stereocenters. The van der Waals surface area contributed by atoms with Gasteiger partial charge in [0.05, 0.1) is 11.9 Å². The van der Waals surface area contributed by atoms with E-state index in [1.807, 2.05) is 0 Å². The Labute approximate surface area is 81.7 Å². The Kier molecular flexibility index (Phi) is 3.84. The third-order valence-corrected chi connectivity index (χ3v) is 2.17.